The normalized spacial score (nSPS) is 13.9. The zero-order valence-corrected chi connectivity index (χ0v) is 12.8. The first kappa shape index (κ1) is 18.4. The highest BCUT2D eigenvalue weighted by atomic mass is 32.2. The standard InChI is InChI=1S/C13H16F3NO4S/c1-3-4-10(12(18)19)17-22(20,21)11-6-5-9(7-8(11)2)13(14,15)16/h5-7,10,17H,3-4H2,1-2H3,(H,18,19). The number of hydrogen-bond acceptors (Lipinski definition) is 3. The van der Waals surface area contributed by atoms with Crippen LogP contribution in [0.15, 0.2) is 23.1 Å². The Bertz CT molecular complexity index is 656. The molecule has 1 atom stereocenters. The van der Waals surface area contributed by atoms with E-state index in [1.807, 2.05) is 4.72 Å². The molecule has 1 aromatic rings. The van der Waals surface area contributed by atoms with Gasteiger partial charge in [-0.15, -0.1) is 0 Å². The number of rotatable bonds is 6. The van der Waals surface area contributed by atoms with Crippen LogP contribution in [-0.4, -0.2) is 25.5 Å². The quantitative estimate of drug-likeness (QED) is 0.834. The third-order valence-corrected chi connectivity index (χ3v) is 4.60. The number of alkyl halides is 3. The smallest absolute Gasteiger partial charge is 0.416 e. The zero-order valence-electron chi connectivity index (χ0n) is 11.9. The third kappa shape index (κ3) is 4.44. The van der Waals surface area contributed by atoms with Crippen LogP contribution in [0.2, 0.25) is 0 Å². The molecule has 0 bridgehead atoms. The van der Waals surface area contributed by atoms with Gasteiger partial charge >= 0.3 is 12.1 Å². The molecular formula is C13H16F3NO4S. The highest BCUT2D eigenvalue weighted by Gasteiger charge is 2.32. The van der Waals surface area contributed by atoms with Crippen molar-refractivity contribution in [3.63, 3.8) is 0 Å². The summed E-state index contributed by atoms with van der Waals surface area (Å²) in [7, 11) is -4.22. The molecule has 0 fully saturated rings. The number of aryl methyl sites for hydroxylation is 1. The molecule has 0 saturated heterocycles. The summed E-state index contributed by atoms with van der Waals surface area (Å²) in [6.07, 6.45) is -4.06. The van der Waals surface area contributed by atoms with E-state index < -0.39 is 33.8 Å². The summed E-state index contributed by atoms with van der Waals surface area (Å²) in [5.74, 6) is -1.34. The van der Waals surface area contributed by atoms with E-state index in [9.17, 15) is 26.4 Å². The van der Waals surface area contributed by atoms with Gasteiger partial charge in [-0.05, 0) is 37.1 Å². The largest absolute Gasteiger partial charge is 0.480 e. The van der Waals surface area contributed by atoms with Crippen molar-refractivity contribution in [2.45, 2.75) is 43.8 Å². The van der Waals surface area contributed by atoms with Crippen LogP contribution in [0.4, 0.5) is 13.2 Å². The van der Waals surface area contributed by atoms with Gasteiger partial charge < -0.3 is 5.11 Å². The van der Waals surface area contributed by atoms with Crippen molar-refractivity contribution in [1.29, 1.82) is 0 Å². The topological polar surface area (TPSA) is 83.5 Å². The first-order valence-electron chi connectivity index (χ1n) is 6.42. The van der Waals surface area contributed by atoms with Crippen molar-refractivity contribution in [3.05, 3.63) is 29.3 Å². The Morgan fingerprint density at radius 1 is 1.36 bits per heavy atom. The molecule has 0 saturated carbocycles. The highest BCUT2D eigenvalue weighted by Crippen LogP contribution is 2.31. The first-order valence-corrected chi connectivity index (χ1v) is 7.90. The van der Waals surface area contributed by atoms with Gasteiger partial charge in [-0.3, -0.25) is 4.79 Å². The molecule has 0 heterocycles. The minimum absolute atomic E-state index is 0.0776. The number of carbonyl (C=O) groups is 1. The van der Waals surface area contributed by atoms with E-state index in [1.165, 1.54) is 6.92 Å². The van der Waals surface area contributed by atoms with Crippen LogP contribution in [0.3, 0.4) is 0 Å². The fourth-order valence-corrected chi connectivity index (χ4v) is 3.35. The molecular weight excluding hydrogens is 323 g/mol. The second-order valence-electron chi connectivity index (χ2n) is 4.78. The lowest BCUT2D eigenvalue weighted by atomic mass is 10.1. The Morgan fingerprint density at radius 2 is 1.95 bits per heavy atom. The van der Waals surface area contributed by atoms with Gasteiger partial charge in [-0.2, -0.15) is 17.9 Å². The minimum Gasteiger partial charge on any atom is -0.480 e. The summed E-state index contributed by atoms with van der Waals surface area (Å²) in [5, 5.41) is 8.96. The van der Waals surface area contributed by atoms with Crippen LogP contribution < -0.4 is 4.72 Å². The first-order chi connectivity index (χ1) is 9.99. The summed E-state index contributed by atoms with van der Waals surface area (Å²) in [5.41, 5.74) is -1.07. The molecule has 0 aliphatic rings. The highest BCUT2D eigenvalue weighted by molar-refractivity contribution is 7.89. The number of carboxylic acid groups (broad SMARTS) is 1. The number of halogens is 3. The zero-order chi connectivity index (χ0) is 17.1. The van der Waals surface area contributed by atoms with Gasteiger partial charge in [0.25, 0.3) is 0 Å². The second kappa shape index (κ2) is 6.66. The lowest BCUT2D eigenvalue weighted by Gasteiger charge is -2.16. The molecule has 22 heavy (non-hydrogen) atoms. The molecule has 0 aromatic heterocycles. The van der Waals surface area contributed by atoms with E-state index in [1.54, 1.807) is 6.92 Å². The van der Waals surface area contributed by atoms with Crippen molar-refractivity contribution >= 4 is 16.0 Å². The molecule has 0 spiro atoms. The second-order valence-corrected chi connectivity index (χ2v) is 6.46. The number of sulfonamides is 1. The Morgan fingerprint density at radius 3 is 2.36 bits per heavy atom. The van der Waals surface area contributed by atoms with Gasteiger partial charge in [0.15, 0.2) is 0 Å². The average molecular weight is 339 g/mol. The predicted molar refractivity (Wildman–Crippen MR) is 72.8 cm³/mol. The van der Waals surface area contributed by atoms with Crippen molar-refractivity contribution in [1.82, 2.24) is 4.72 Å². The number of hydrogen-bond donors (Lipinski definition) is 2. The molecule has 0 radical (unpaired) electrons. The Labute approximate surface area is 126 Å². The maximum absolute atomic E-state index is 12.6. The Kier molecular flexibility index (Phi) is 5.58. The van der Waals surface area contributed by atoms with E-state index in [-0.39, 0.29) is 16.9 Å². The molecule has 0 amide bonds. The van der Waals surface area contributed by atoms with E-state index in [4.69, 9.17) is 5.11 Å². The van der Waals surface area contributed by atoms with Crippen LogP contribution >= 0.6 is 0 Å². The van der Waals surface area contributed by atoms with Gasteiger partial charge in [0.1, 0.15) is 6.04 Å². The van der Waals surface area contributed by atoms with E-state index in [0.717, 1.165) is 6.07 Å². The maximum Gasteiger partial charge on any atom is 0.416 e. The minimum atomic E-state index is -4.58. The van der Waals surface area contributed by atoms with Gasteiger partial charge in [-0.1, -0.05) is 13.3 Å². The molecule has 5 nitrogen and oxygen atoms in total. The fraction of sp³-hybridized carbons (Fsp3) is 0.462. The summed E-state index contributed by atoms with van der Waals surface area (Å²) >= 11 is 0. The summed E-state index contributed by atoms with van der Waals surface area (Å²) in [6, 6.07) is 0.865. The number of benzene rings is 1. The molecule has 1 unspecified atom stereocenters. The predicted octanol–water partition coefficient (Wildman–Crippen LogP) is 2.55. The molecule has 9 heteroatoms. The Balaban J connectivity index is 3.16. The van der Waals surface area contributed by atoms with Crippen LogP contribution in [0.5, 0.6) is 0 Å². The molecule has 124 valence electrons. The van der Waals surface area contributed by atoms with Gasteiger partial charge in [-0.25, -0.2) is 8.42 Å². The van der Waals surface area contributed by atoms with Crippen molar-refractivity contribution < 1.29 is 31.5 Å². The summed E-state index contributed by atoms with van der Waals surface area (Å²) in [6.45, 7) is 2.91. The SMILES string of the molecule is CCCC(NS(=O)(=O)c1ccc(C(F)(F)F)cc1C)C(=O)O. The van der Waals surface area contributed by atoms with Gasteiger partial charge in [0.2, 0.25) is 10.0 Å². The van der Waals surface area contributed by atoms with Crippen molar-refractivity contribution in [2.75, 3.05) is 0 Å². The fourth-order valence-electron chi connectivity index (χ4n) is 1.90. The van der Waals surface area contributed by atoms with Gasteiger partial charge in [0, 0.05) is 0 Å². The van der Waals surface area contributed by atoms with E-state index in [0.29, 0.717) is 18.6 Å². The number of aliphatic carboxylic acids is 1. The number of nitrogens with one attached hydrogen (secondary N) is 1. The maximum atomic E-state index is 12.6. The van der Waals surface area contributed by atoms with Crippen LogP contribution in [-0.2, 0) is 21.0 Å². The van der Waals surface area contributed by atoms with E-state index >= 15 is 0 Å². The van der Waals surface area contributed by atoms with Crippen molar-refractivity contribution in [3.8, 4) is 0 Å². The lowest BCUT2D eigenvalue weighted by Crippen LogP contribution is -2.40. The van der Waals surface area contributed by atoms with E-state index in [2.05, 4.69) is 0 Å². The lowest BCUT2D eigenvalue weighted by molar-refractivity contribution is -0.139. The van der Waals surface area contributed by atoms with Gasteiger partial charge in [0.05, 0.1) is 10.5 Å². The molecule has 1 rings (SSSR count). The molecule has 0 aliphatic carbocycles. The van der Waals surface area contributed by atoms with Crippen molar-refractivity contribution in [2.24, 2.45) is 0 Å². The monoisotopic (exact) mass is 339 g/mol. The van der Waals surface area contributed by atoms with Crippen LogP contribution in [0.1, 0.15) is 30.9 Å². The molecule has 2 N–H and O–H groups in total. The average Bonchev–Trinajstić information content (AvgIpc) is 2.36. The van der Waals surface area contributed by atoms with Crippen LogP contribution in [0.25, 0.3) is 0 Å². The molecule has 1 aromatic carbocycles. The van der Waals surface area contributed by atoms with Crippen LogP contribution in [0, 0.1) is 6.92 Å². The Hall–Kier alpha value is -1.61. The summed E-state index contributed by atoms with van der Waals surface area (Å²) < 4.78 is 64.0. The summed E-state index contributed by atoms with van der Waals surface area (Å²) in [4.78, 5) is 10.6. The number of carboxylic acids is 1. The molecule has 0 aliphatic heterocycles. The third-order valence-electron chi connectivity index (χ3n) is 2.96.